The highest BCUT2D eigenvalue weighted by atomic mass is 32.1. The van der Waals surface area contributed by atoms with E-state index in [0.717, 1.165) is 17.4 Å². The molecule has 2 rings (SSSR count). The number of carbonyl (C=O) groups excluding carboxylic acids is 1. The average Bonchev–Trinajstić information content (AvgIpc) is 2.84. The Labute approximate surface area is 122 Å². The summed E-state index contributed by atoms with van der Waals surface area (Å²) in [7, 11) is 0. The van der Waals surface area contributed by atoms with Crippen molar-refractivity contribution in [2.24, 2.45) is 0 Å². The maximum Gasteiger partial charge on any atom is 0.339 e. The first-order chi connectivity index (χ1) is 9.95. The number of carboxylic acids is 1. The molecular formula is C12H11N3O5S. The van der Waals surface area contributed by atoms with Crippen LogP contribution in [0.2, 0.25) is 0 Å². The summed E-state index contributed by atoms with van der Waals surface area (Å²) in [4.78, 5) is 35.7. The van der Waals surface area contributed by atoms with E-state index in [0.29, 0.717) is 5.69 Å². The quantitative estimate of drug-likeness (QED) is 0.541. The van der Waals surface area contributed by atoms with Crippen LogP contribution in [0.4, 0.5) is 10.5 Å². The molecule has 1 aromatic carbocycles. The normalized spacial score (nSPS) is 10.1. The highest BCUT2D eigenvalue weighted by Crippen LogP contribution is 2.21. The van der Waals surface area contributed by atoms with Crippen molar-refractivity contribution in [2.75, 3.05) is 5.32 Å². The zero-order valence-corrected chi connectivity index (χ0v) is 11.4. The van der Waals surface area contributed by atoms with Gasteiger partial charge in [-0.1, -0.05) is 11.3 Å². The van der Waals surface area contributed by atoms with Gasteiger partial charge in [0.15, 0.2) is 0 Å². The molecule has 0 aliphatic carbocycles. The summed E-state index contributed by atoms with van der Waals surface area (Å²) in [5, 5.41) is 24.7. The molecule has 0 spiro atoms. The van der Waals surface area contributed by atoms with Crippen LogP contribution < -0.4 is 15.5 Å². The Balaban J connectivity index is 1.98. The first kappa shape index (κ1) is 14.6. The number of anilines is 1. The van der Waals surface area contributed by atoms with E-state index in [1.807, 2.05) is 0 Å². The van der Waals surface area contributed by atoms with Crippen molar-refractivity contribution in [3.8, 4) is 5.75 Å². The number of aromatic carboxylic acids is 1. The topological polar surface area (TPSA) is 132 Å². The smallest absolute Gasteiger partial charge is 0.339 e. The van der Waals surface area contributed by atoms with Crippen LogP contribution in [0.15, 0.2) is 28.4 Å². The number of benzene rings is 1. The molecule has 5 N–H and O–H groups in total. The molecule has 1 aromatic heterocycles. The lowest BCUT2D eigenvalue weighted by atomic mass is 10.2. The SMILES string of the molecule is O=C(NCc1csc(=O)[nH]1)Nc1ccc(O)c(C(=O)O)c1. The minimum absolute atomic E-state index is 0.133. The molecule has 0 saturated heterocycles. The summed E-state index contributed by atoms with van der Waals surface area (Å²) in [6, 6.07) is 3.12. The molecule has 1 heterocycles. The van der Waals surface area contributed by atoms with Gasteiger partial charge in [-0.3, -0.25) is 4.79 Å². The second-order valence-electron chi connectivity index (χ2n) is 4.02. The van der Waals surface area contributed by atoms with Gasteiger partial charge in [0.1, 0.15) is 11.3 Å². The molecule has 0 saturated carbocycles. The first-order valence-corrected chi connectivity index (χ1v) is 6.61. The Hall–Kier alpha value is -2.81. The number of hydrogen-bond acceptors (Lipinski definition) is 5. The Morgan fingerprint density at radius 2 is 2.10 bits per heavy atom. The van der Waals surface area contributed by atoms with Gasteiger partial charge < -0.3 is 25.8 Å². The molecule has 0 radical (unpaired) electrons. The maximum absolute atomic E-state index is 11.6. The number of phenols is 1. The Kier molecular flexibility index (Phi) is 4.24. The minimum Gasteiger partial charge on any atom is -0.507 e. The van der Waals surface area contributed by atoms with Gasteiger partial charge in [-0.25, -0.2) is 9.59 Å². The second-order valence-corrected chi connectivity index (χ2v) is 4.86. The first-order valence-electron chi connectivity index (χ1n) is 5.73. The zero-order valence-electron chi connectivity index (χ0n) is 10.5. The fraction of sp³-hybridized carbons (Fsp3) is 0.0833. The van der Waals surface area contributed by atoms with E-state index in [4.69, 9.17) is 5.11 Å². The van der Waals surface area contributed by atoms with Crippen molar-refractivity contribution in [3.05, 3.63) is 44.5 Å². The van der Waals surface area contributed by atoms with Gasteiger partial charge in [-0.05, 0) is 18.2 Å². The minimum atomic E-state index is -1.30. The third-order valence-corrected chi connectivity index (χ3v) is 3.21. The van der Waals surface area contributed by atoms with Crippen molar-refractivity contribution < 1.29 is 19.8 Å². The summed E-state index contributed by atoms with van der Waals surface area (Å²) >= 11 is 0.991. The van der Waals surface area contributed by atoms with Crippen LogP contribution in [-0.2, 0) is 6.54 Å². The van der Waals surface area contributed by atoms with Crippen LogP contribution in [0, 0.1) is 0 Å². The number of H-pyrrole nitrogens is 1. The molecule has 8 nitrogen and oxygen atoms in total. The Morgan fingerprint density at radius 1 is 1.33 bits per heavy atom. The van der Waals surface area contributed by atoms with Crippen molar-refractivity contribution in [3.63, 3.8) is 0 Å². The molecule has 2 aromatic rings. The number of rotatable bonds is 4. The molecule has 0 fully saturated rings. The van der Waals surface area contributed by atoms with Crippen LogP contribution in [-0.4, -0.2) is 27.2 Å². The number of nitrogens with one attached hydrogen (secondary N) is 3. The number of aromatic nitrogens is 1. The summed E-state index contributed by atoms with van der Waals surface area (Å²) in [6.45, 7) is 0.133. The lowest BCUT2D eigenvalue weighted by Gasteiger charge is -2.08. The summed E-state index contributed by atoms with van der Waals surface area (Å²) in [5.74, 6) is -1.68. The monoisotopic (exact) mass is 309 g/mol. The largest absolute Gasteiger partial charge is 0.507 e. The average molecular weight is 309 g/mol. The fourth-order valence-electron chi connectivity index (χ4n) is 1.54. The van der Waals surface area contributed by atoms with Gasteiger partial charge in [0.2, 0.25) is 0 Å². The lowest BCUT2D eigenvalue weighted by molar-refractivity contribution is 0.0693. The van der Waals surface area contributed by atoms with Crippen LogP contribution >= 0.6 is 11.3 Å². The van der Waals surface area contributed by atoms with E-state index in [9.17, 15) is 19.5 Å². The highest BCUT2D eigenvalue weighted by Gasteiger charge is 2.11. The van der Waals surface area contributed by atoms with Crippen molar-refractivity contribution in [2.45, 2.75) is 6.54 Å². The van der Waals surface area contributed by atoms with E-state index in [2.05, 4.69) is 15.6 Å². The predicted octanol–water partition coefficient (Wildman–Crippen LogP) is 1.16. The Morgan fingerprint density at radius 3 is 2.71 bits per heavy atom. The van der Waals surface area contributed by atoms with Crippen LogP contribution in [0.3, 0.4) is 0 Å². The number of aromatic amines is 1. The van der Waals surface area contributed by atoms with Gasteiger partial charge in [-0.2, -0.15) is 0 Å². The third kappa shape index (κ3) is 3.83. The van der Waals surface area contributed by atoms with Crippen LogP contribution in [0.1, 0.15) is 16.1 Å². The molecule has 110 valence electrons. The van der Waals surface area contributed by atoms with E-state index < -0.39 is 12.0 Å². The fourth-order valence-corrected chi connectivity index (χ4v) is 2.12. The molecule has 0 aliphatic heterocycles. The van der Waals surface area contributed by atoms with Gasteiger partial charge in [-0.15, -0.1) is 0 Å². The second kappa shape index (κ2) is 6.09. The lowest BCUT2D eigenvalue weighted by Crippen LogP contribution is -2.28. The molecule has 0 atom stereocenters. The highest BCUT2D eigenvalue weighted by molar-refractivity contribution is 7.07. The molecule has 21 heavy (non-hydrogen) atoms. The van der Waals surface area contributed by atoms with Gasteiger partial charge >= 0.3 is 16.9 Å². The molecule has 9 heteroatoms. The summed E-state index contributed by atoms with van der Waals surface area (Å²) in [6.07, 6.45) is 0. The molecule has 0 bridgehead atoms. The number of hydrogen-bond donors (Lipinski definition) is 5. The standard InChI is InChI=1S/C12H11N3O5S/c16-9-2-1-6(3-8(9)10(17)18)14-11(19)13-4-7-5-21-12(20)15-7/h1-3,5,16H,4H2,(H,15,20)(H,17,18)(H2,13,14,19). The van der Waals surface area contributed by atoms with Crippen molar-refractivity contribution in [1.29, 1.82) is 0 Å². The zero-order chi connectivity index (χ0) is 15.4. The predicted molar refractivity (Wildman–Crippen MR) is 75.9 cm³/mol. The molecular weight excluding hydrogens is 298 g/mol. The Bertz CT molecular complexity index is 736. The number of urea groups is 1. The number of aromatic hydroxyl groups is 1. The van der Waals surface area contributed by atoms with Crippen molar-refractivity contribution in [1.82, 2.24) is 10.3 Å². The summed E-state index contributed by atoms with van der Waals surface area (Å²) in [5.41, 5.74) is 0.480. The molecule has 2 amide bonds. The third-order valence-electron chi connectivity index (χ3n) is 2.50. The number of amides is 2. The molecule has 0 aliphatic rings. The molecule has 0 unspecified atom stereocenters. The van der Waals surface area contributed by atoms with E-state index in [1.165, 1.54) is 12.1 Å². The van der Waals surface area contributed by atoms with Gasteiger partial charge in [0.25, 0.3) is 0 Å². The number of carboxylic acid groups (broad SMARTS) is 1. The van der Waals surface area contributed by atoms with Gasteiger partial charge in [0.05, 0.1) is 6.54 Å². The van der Waals surface area contributed by atoms with E-state index in [1.54, 1.807) is 5.38 Å². The van der Waals surface area contributed by atoms with Gasteiger partial charge in [0, 0.05) is 16.8 Å². The maximum atomic E-state index is 11.6. The summed E-state index contributed by atoms with van der Waals surface area (Å²) < 4.78 is 0. The van der Waals surface area contributed by atoms with Crippen LogP contribution in [0.25, 0.3) is 0 Å². The van der Waals surface area contributed by atoms with Crippen LogP contribution in [0.5, 0.6) is 5.75 Å². The van der Waals surface area contributed by atoms with E-state index >= 15 is 0 Å². The van der Waals surface area contributed by atoms with E-state index in [-0.39, 0.29) is 28.4 Å². The number of thiazole rings is 1. The number of carbonyl (C=O) groups is 2. The van der Waals surface area contributed by atoms with Crippen molar-refractivity contribution >= 4 is 29.0 Å².